The molecule has 7 nitrogen and oxygen atoms in total. The Kier molecular flexibility index (Phi) is 16.7. The lowest BCUT2D eigenvalue weighted by molar-refractivity contribution is 0.0959. The van der Waals surface area contributed by atoms with Crippen molar-refractivity contribution >= 4 is 17.5 Å². The Balaban J connectivity index is 0. The lowest BCUT2D eigenvalue weighted by Crippen LogP contribution is -2.22. The number of benzene rings is 1. The van der Waals surface area contributed by atoms with Gasteiger partial charge in [0.1, 0.15) is 22.9 Å². The van der Waals surface area contributed by atoms with Gasteiger partial charge < -0.3 is 15.4 Å². The van der Waals surface area contributed by atoms with Crippen LogP contribution in [0.2, 0.25) is 0 Å². The first-order valence-corrected chi connectivity index (χ1v) is 8.50. The average molecular weight is 422 g/mol. The van der Waals surface area contributed by atoms with Gasteiger partial charge in [-0.05, 0) is 19.1 Å². The van der Waals surface area contributed by atoms with Crippen molar-refractivity contribution in [3.63, 3.8) is 0 Å². The number of carbonyl (C=O) groups excluding carboxylic acids is 2. The first-order chi connectivity index (χ1) is 14.3. The van der Waals surface area contributed by atoms with E-state index >= 15 is 0 Å². The third-order valence-corrected chi connectivity index (χ3v) is 2.70. The van der Waals surface area contributed by atoms with Crippen LogP contribution in [0.3, 0.4) is 0 Å². The minimum Gasteiger partial charge on any atom is -0.388 e. The molecule has 0 saturated heterocycles. The van der Waals surface area contributed by atoms with Gasteiger partial charge >= 0.3 is 0 Å². The van der Waals surface area contributed by atoms with Crippen molar-refractivity contribution in [3.8, 4) is 0 Å². The first-order valence-electron chi connectivity index (χ1n) is 8.50. The number of ether oxygens (including phenoxy) is 1. The highest BCUT2D eigenvalue weighted by Crippen LogP contribution is 2.17. The number of nitrogens with one attached hydrogen (secondary N) is 3. The van der Waals surface area contributed by atoms with Gasteiger partial charge in [-0.3, -0.25) is 14.7 Å². The van der Waals surface area contributed by atoms with Gasteiger partial charge in [-0.1, -0.05) is 37.5 Å². The van der Waals surface area contributed by atoms with Gasteiger partial charge in [0.15, 0.2) is 0 Å². The van der Waals surface area contributed by atoms with E-state index in [1.54, 1.807) is 32.4 Å². The quantitative estimate of drug-likeness (QED) is 0.510. The molecule has 164 valence electrons. The van der Waals surface area contributed by atoms with Gasteiger partial charge in [-0.25, -0.2) is 8.78 Å². The summed E-state index contributed by atoms with van der Waals surface area (Å²) in [5, 5.41) is 10.5. The van der Waals surface area contributed by atoms with Crippen molar-refractivity contribution in [1.29, 1.82) is 0 Å². The fourth-order valence-corrected chi connectivity index (χ4v) is 1.58. The van der Waals surface area contributed by atoms with Crippen molar-refractivity contribution < 1.29 is 23.1 Å². The monoisotopic (exact) mass is 422 g/mol. The van der Waals surface area contributed by atoms with Crippen molar-refractivity contribution in [2.45, 2.75) is 6.92 Å². The Morgan fingerprint density at radius 1 is 1.10 bits per heavy atom. The second-order valence-electron chi connectivity index (χ2n) is 5.08. The van der Waals surface area contributed by atoms with E-state index in [1.807, 2.05) is 6.92 Å². The van der Waals surface area contributed by atoms with Crippen molar-refractivity contribution in [2.24, 2.45) is 0 Å². The van der Waals surface area contributed by atoms with Crippen LogP contribution in [0.1, 0.15) is 27.8 Å². The molecule has 0 bridgehead atoms. The summed E-state index contributed by atoms with van der Waals surface area (Å²) in [6, 6.07) is 3.08. The predicted octanol–water partition coefficient (Wildman–Crippen LogP) is 4.11. The molecule has 0 aliphatic carbocycles. The minimum absolute atomic E-state index is 0.0161. The number of halogens is 2. The molecule has 2 aromatic rings. The number of rotatable bonds is 4. The van der Waals surface area contributed by atoms with Gasteiger partial charge in [0.05, 0.1) is 11.9 Å². The molecule has 0 aliphatic heterocycles. The van der Waals surface area contributed by atoms with Crippen LogP contribution in [0.25, 0.3) is 0 Å². The highest BCUT2D eigenvalue weighted by atomic mass is 19.1. The van der Waals surface area contributed by atoms with Crippen molar-refractivity contribution in [2.75, 3.05) is 26.6 Å². The van der Waals surface area contributed by atoms with E-state index in [2.05, 4.69) is 45.3 Å². The first kappa shape index (κ1) is 28.6. The van der Waals surface area contributed by atoms with E-state index in [0.29, 0.717) is 0 Å². The number of anilines is 1. The topological polar surface area (TPSA) is 96.1 Å². The molecule has 30 heavy (non-hydrogen) atoms. The smallest absolute Gasteiger partial charge is 0.271 e. The number of H-pyrrole nitrogens is 1. The lowest BCUT2D eigenvalue weighted by atomic mass is 10.2. The third-order valence-electron chi connectivity index (χ3n) is 2.70. The Labute approximate surface area is 175 Å². The van der Waals surface area contributed by atoms with Crippen LogP contribution in [0, 0.1) is 11.6 Å². The number of hydrogen-bond acceptors (Lipinski definition) is 4. The summed E-state index contributed by atoms with van der Waals surface area (Å²) in [5.41, 5.74) is -0.717. The minimum atomic E-state index is -1.01. The molecule has 1 aromatic carbocycles. The van der Waals surface area contributed by atoms with Crippen molar-refractivity contribution in [3.05, 3.63) is 85.3 Å². The maximum absolute atomic E-state index is 13.5. The SMILES string of the molecule is C=CC.C=CC=C.CNC(=O)c1[nH]ncc1NC(=O)c1c(F)cccc1F.COC. The summed E-state index contributed by atoms with van der Waals surface area (Å²) in [5.74, 6) is -3.51. The van der Waals surface area contributed by atoms with E-state index in [9.17, 15) is 18.4 Å². The van der Waals surface area contributed by atoms with Crippen LogP contribution < -0.4 is 10.6 Å². The zero-order chi connectivity index (χ0) is 23.5. The highest BCUT2D eigenvalue weighted by Gasteiger charge is 2.20. The predicted molar refractivity (Wildman–Crippen MR) is 115 cm³/mol. The van der Waals surface area contributed by atoms with Gasteiger partial charge in [0.2, 0.25) is 0 Å². The Morgan fingerprint density at radius 3 is 1.97 bits per heavy atom. The summed E-state index contributed by atoms with van der Waals surface area (Å²) >= 11 is 0. The zero-order valence-electron chi connectivity index (χ0n) is 17.6. The molecule has 0 atom stereocenters. The number of allylic oxidation sites excluding steroid dienone is 3. The Morgan fingerprint density at radius 2 is 1.57 bits per heavy atom. The molecule has 0 aliphatic rings. The summed E-state index contributed by atoms with van der Waals surface area (Å²) in [7, 11) is 4.64. The van der Waals surface area contributed by atoms with E-state index in [4.69, 9.17) is 0 Å². The van der Waals surface area contributed by atoms with Crippen LogP contribution >= 0.6 is 0 Å². The van der Waals surface area contributed by atoms with E-state index in [-0.39, 0.29) is 11.4 Å². The summed E-state index contributed by atoms with van der Waals surface area (Å²) < 4.78 is 31.2. The zero-order valence-corrected chi connectivity index (χ0v) is 17.6. The standard InChI is InChI=1S/C12H10F2N4O2.C4H6.C3H6.C2H6O/c1-15-12(20)10-8(5-16-18-10)17-11(19)9-6(13)3-2-4-7(9)14;1-3-4-2;2*1-3-2/h2-5H,1H3,(H,15,20)(H,16,18)(H,17,19);3-4H,1-2H2;3H,1H2,2H3;1-2H3. The molecule has 2 rings (SSSR count). The molecule has 0 saturated carbocycles. The molecule has 0 radical (unpaired) electrons. The van der Waals surface area contributed by atoms with Gasteiger partial charge in [-0.2, -0.15) is 5.10 Å². The molecule has 9 heteroatoms. The van der Waals surface area contributed by atoms with Gasteiger partial charge in [-0.15, -0.1) is 6.58 Å². The molecule has 2 amide bonds. The Hall–Kier alpha value is -3.59. The second-order valence-corrected chi connectivity index (χ2v) is 5.08. The average Bonchev–Trinajstić information content (AvgIpc) is 3.16. The summed E-state index contributed by atoms with van der Waals surface area (Å²) in [6.45, 7) is 12.0. The van der Waals surface area contributed by atoms with E-state index in [1.165, 1.54) is 13.2 Å². The van der Waals surface area contributed by atoms with Crippen LogP contribution in [-0.4, -0.2) is 43.3 Å². The molecular weight excluding hydrogens is 394 g/mol. The lowest BCUT2D eigenvalue weighted by Gasteiger charge is -2.06. The van der Waals surface area contributed by atoms with Crippen LogP contribution in [-0.2, 0) is 4.74 Å². The number of methoxy groups -OCH3 is 1. The number of carbonyl (C=O) groups is 2. The molecule has 1 heterocycles. The number of aromatic amines is 1. The highest BCUT2D eigenvalue weighted by molar-refractivity contribution is 6.08. The fraction of sp³-hybridized carbons (Fsp3) is 0.190. The third kappa shape index (κ3) is 10.7. The summed E-state index contributed by atoms with van der Waals surface area (Å²) in [6.07, 6.45) is 6.20. The number of amides is 2. The van der Waals surface area contributed by atoms with E-state index < -0.39 is 29.0 Å². The maximum Gasteiger partial charge on any atom is 0.271 e. The van der Waals surface area contributed by atoms with Crippen LogP contribution in [0.5, 0.6) is 0 Å². The molecule has 0 unspecified atom stereocenters. The molecule has 0 fully saturated rings. The van der Waals surface area contributed by atoms with Gasteiger partial charge in [0, 0.05) is 21.3 Å². The Bertz CT molecular complexity index is 794. The van der Waals surface area contributed by atoms with Crippen LogP contribution in [0.15, 0.2) is 62.4 Å². The number of hydrogen-bond donors (Lipinski definition) is 3. The molecule has 0 spiro atoms. The fourth-order valence-electron chi connectivity index (χ4n) is 1.58. The largest absolute Gasteiger partial charge is 0.388 e. The maximum atomic E-state index is 13.5. The van der Waals surface area contributed by atoms with Gasteiger partial charge in [0.25, 0.3) is 11.8 Å². The van der Waals surface area contributed by atoms with Crippen molar-refractivity contribution in [1.82, 2.24) is 15.5 Å². The number of nitrogens with zero attached hydrogens (tertiary/aromatic N) is 1. The molecule has 1 aromatic heterocycles. The van der Waals surface area contributed by atoms with E-state index in [0.717, 1.165) is 18.2 Å². The molecular formula is C21H28F2N4O3. The van der Waals surface area contributed by atoms with Crippen LogP contribution in [0.4, 0.5) is 14.5 Å². The summed E-state index contributed by atoms with van der Waals surface area (Å²) in [4.78, 5) is 23.3. The number of aromatic nitrogens is 2. The normalized spacial score (nSPS) is 8.47. The molecule has 3 N–H and O–H groups in total. The second kappa shape index (κ2) is 17.5.